The molecule has 0 aliphatic heterocycles. The summed E-state index contributed by atoms with van der Waals surface area (Å²) in [5, 5.41) is 2.58. The molecule has 0 aromatic heterocycles. The van der Waals surface area contributed by atoms with Gasteiger partial charge in [-0.2, -0.15) is 0 Å². The third-order valence-corrected chi connectivity index (χ3v) is 8.33. The Kier molecular flexibility index (Phi) is 10.3. The van der Waals surface area contributed by atoms with E-state index in [1.54, 1.807) is 43.3 Å². The first-order valence-corrected chi connectivity index (χ1v) is 14.5. The highest BCUT2D eigenvalue weighted by molar-refractivity contribution is 9.10. The molecule has 0 unspecified atom stereocenters. The molecule has 202 valence electrons. The molecule has 1 atom stereocenters. The van der Waals surface area contributed by atoms with Crippen LogP contribution in [0.15, 0.2) is 88.2 Å². The van der Waals surface area contributed by atoms with Crippen molar-refractivity contribution in [2.45, 2.75) is 31.2 Å². The van der Waals surface area contributed by atoms with Crippen LogP contribution in [-0.2, 0) is 26.0 Å². The molecule has 3 aromatic carbocycles. The Morgan fingerprint density at radius 1 is 0.974 bits per heavy atom. The van der Waals surface area contributed by atoms with Gasteiger partial charge >= 0.3 is 0 Å². The fraction of sp³-hybridized carbons (Fsp3) is 0.286. The number of rotatable bonds is 12. The first kappa shape index (κ1) is 29.2. The normalized spacial score (nSPS) is 11.9. The number of hydrogen-bond acceptors (Lipinski definition) is 5. The smallest absolute Gasteiger partial charge is 0.264 e. The number of likely N-dealkylation sites (N-methyl/N-ethyl adjacent to an activating group) is 1. The third-order valence-electron chi connectivity index (χ3n) is 6.01. The Bertz CT molecular complexity index is 1320. The molecule has 8 nitrogen and oxygen atoms in total. The van der Waals surface area contributed by atoms with E-state index in [0.717, 1.165) is 14.3 Å². The van der Waals surface area contributed by atoms with E-state index in [1.807, 2.05) is 37.3 Å². The maximum Gasteiger partial charge on any atom is 0.264 e. The van der Waals surface area contributed by atoms with Gasteiger partial charge in [0.15, 0.2) is 0 Å². The van der Waals surface area contributed by atoms with Crippen LogP contribution in [0.3, 0.4) is 0 Å². The van der Waals surface area contributed by atoms with Gasteiger partial charge < -0.3 is 15.0 Å². The zero-order valence-corrected chi connectivity index (χ0v) is 24.0. The van der Waals surface area contributed by atoms with Crippen LogP contribution in [0.25, 0.3) is 0 Å². The molecule has 0 aliphatic carbocycles. The van der Waals surface area contributed by atoms with Crippen molar-refractivity contribution in [3.8, 4) is 5.75 Å². The van der Waals surface area contributed by atoms with Crippen molar-refractivity contribution in [2.75, 3.05) is 31.0 Å². The number of benzene rings is 3. The molecule has 10 heteroatoms. The van der Waals surface area contributed by atoms with E-state index in [-0.39, 0.29) is 17.3 Å². The standard InChI is InChI=1S/C28H32BrN3O5S/c1-4-37-25-14-12-24(13-15-25)32(38(35,36)26-16-10-23(29)11-17-26)20-27(33)31(21(2)28(34)30-3)19-18-22-8-6-5-7-9-22/h5-17,21H,4,18-20H2,1-3H3,(H,30,34)/t21-/m0/s1. The Labute approximate surface area is 232 Å². The fourth-order valence-electron chi connectivity index (χ4n) is 3.92. The summed E-state index contributed by atoms with van der Waals surface area (Å²) in [6, 6.07) is 21.5. The number of carbonyl (C=O) groups is 2. The Hall–Kier alpha value is -3.37. The number of hydrogen-bond donors (Lipinski definition) is 1. The van der Waals surface area contributed by atoms with Gasteiger partial charge in [-0.25, -0.2) is 8.42 Å². The molecule has 3 rings (SSSR count). The van der Waals surface area contributed by atoms with E-state index < -0.39 is 28.5 Å². The van der Waals surface area contributed by atoms with E-state index in [2.05, 4.69) is 21.2 Å². The van der Waals surface area contributed by atoms with Crippen molar-refractivity contribution in [3.63, 3.8) is 0 Å². The molecule has 0 aliphatic rings. The van der Waals surface area contributed by atoms with Gasteiger partial charge in [0.2, 0.25) is 11.8 Å². The molecule has 0 bridgehead atoms. The van der Waals surface area contributed by atoms with E-state index in [9.17, 15) is 18.0 Å². The number of carbonyl (C=O) groups excluding carboxylic acids is 2. The van der Waals surface area contributed by atoms with Crippen LogP contribution in [0, 0.1) is 0 Å². The highest BCUT2D eigenvalue weighted by Gasteiger charge is 2.32. The van der Waals surface area contributed by atoms with E-state index in [0.29, 0.717) is 24.5 Å². The van der Waals surface area contributed by atoms with Gasteiger partial charge in [-0.15, -0.1) is 0 Å². The van der Waals surface area contributed by atoms with Gasteiger partial charge in [-0.1, -0.05) is 46.3 Å². The first-order valence-electron chi connectivity index (χ1n) is 12.2. The summed E-state index contributed by atoms with van der Waals surface area (Å²) in [7, 11) is -2.62. The summed E-state index contributed by atoms with van der Waals surface area (Å²) in [6.07, 6.45) is 0.510. The summed E-state index contributed by atoms with van der Waals surface area (Å²) in [5.41, 5.74) is 1.31. The lowest BCUT2D eigenvalue weighted by molar-refractivity contribution is -0.138. The van der Waals surface area contributed by atoms with Crippen LogP contribution in [-0.4, -0.2) is 57.9 Å². The van der Waals surface area contributed by atoms with Gasteiger partial charge in [-0.3, -0.25) is 13.9 Å². The number of ether oxygens (including phenoxy) is 1. The molecule has 1 N–H and O–H groups in total. The lowest BCUT2D eigenvalue weighted by Gasteiger charge is -2.31. The second-order valence-corrected chi connectivity index (χ2v) is 11.3. The monoisotopic (exact) mass is 601 g/mol. The third kappa shape index (κ3) is 7.35. The van der Waals surface area contributed by atoms with E-state index in [4.69, 9.17) is 4.74 Å². The maximum absolute atomic E-state index is 13.8. The second-order valence-electron chi connectivity index (χ2n) is 8.51. The van der Waals surface area contributed by atoms with Crippen molar-refractivity contribution in [1.29, 1.82) is 0 Å². The van der Waals surface area contributed by atoms with Crippen molar-refractivity contribution in [1.82, 2.24) is 10.2 Å². The highest BCUT2D eigenvalue weighted by atomic mass is 79.9. The predicted octanol–water partition coefficient (Wildman–Crippen LogP) is 4.25. The summed E-state index contributed by atoms with van der Waals surface area (Å²) in [5.74, 6) is -0.248. The van der Waals surface area contributed by atoms with Gasteiger partial charge in [0.1, 0.15) is 18.3 Å². The predicted molar refractivity (Wildman–Crippen MR) is 152 cm³/mol. The van der Waals surface area contributed by atoms with Crippen LogP contribution in [0.1, 0.15) is 19.4 Å². The van der Waals surface area contributed by atoms with Crippen molar-refractivity contribution in [3.05, 3.63) is 88.9 Å². The van der Waals surface area contributed by atoms with Gasteiger partial charge in [0.05, 0.1) is 17.2 Å². The minimum atomic E-state index is -4.12. The molecule has 0 spiro atoms. The van der Waals surface area contributed by atoms with Crippen LogP contribution in [0.4, 0.5) is 5.69 Å². The molecule has 2 amide bonds. The van der Waals surface area contributed by atoms with Crippen molar-refractivity contribution in [2.24, 2.45) is 0 Å². The number of anilines is 1. The lowest BCUT2D eigenvalue weighted by atomic mass is 10.1. The zero-order chi connectivity index (χ0) is 27.7. The molecule has 38 heavy (non-hydrogen) atoms. The molecular formula is C28H32BrN3O5S. The minimum absolute atomic E-state index is 0.0394. The summed E-state index contributed by atoms with van der Waals surface area (Å²) in [4.78, 5) is 27.7. The molecular weight excluding hydrogens is 570 g/mol. The zero-order valence-electron chi connectivity index (χ0n) is 21.6. The number of amides is 2. The number of halogens is 1. The molecule has 0 saturated heterocycles. The average molecular weight is 603 g/mol. The Balaban J connectivity index is 1.97. The molecule has 0 fully saturated rings. The summed E-state index contributed by atoms with van der Waals surface area (Å²) < 4.78 is 34.9. The number of sulfonamides is 1. The molecule has 3 aromatic rings. The number of nitrogens with zero attached hydrogens (tertiary/aromatic N) is 2. The minimum Gasteiger partial charge on any atom is -0.494 e. The lowest BCUT2D eigenvalue weighted by Crippen LogP contribution is -2.51. The largest absolute Gasteiger partial charge is 0.494 e. The first-order chi connectivity index (χ1) is 18.2. The van der Waals surface area contributed by atoms with Crippen molar-refractivity contribution < 1.29 is 22.7 Å². The maximum atomic E-state index is 13.8. The number of nitrogens with one attached hydrogen (secondary N) is 1. The van der Waals surface area contributed by atoms with Gasteiger partial charge in [0.25, 0.3) is 10.0 Å². The molecule has 0 heterocycles. The Morgan fingerprint density at radius 3 is 2.18 bits per heavy atom. The van der Waals surface area contributed by atoms with E-state index >= 15 is 0 Å². The SMILES string of the molecule is CCOc1ccc(N(CC(=O)N(CCc2ccccc2)[C@@H](C)C(=O)NC)S(=O)(=O)c2ccc(Br)cc2)cc1. The quantitative estimate of drug-likeness (QED) is 0.335. The summed E-state index contributed by atoms with van der Waals surface area (Å²) in [6.45, 7) is 3.71. The molecule has 0 saturated carbocycles. The van der Waals surface area contributed by atoms with Crippen LogP contribution >= 0.6 is 15.9 Å². The van der Waals surface area contributed by atoms with Crippen LogP contribution in [0.5, 0.6) is 5.75 Å². The average Bonchev–Trinajstić information content (AvgIpc) is 2.92. The van der Waals surface area contributed by atoms with Crippen molar-refractivity contribution >= 4 is 43.5 Å². The topological polar surface area (TPSA) is 96.0 Å². The second kappa shape index (κ2) is 13.4. The van der Waals surface area contributed by atoms with Gasteiger partial charge in [-0.05, 0) is 74.4 Å². The van der Waals surface area contributed by atoms with Crippen LogP contribution < -0.4 is 14.4 Å². The highest BCUT2D eigenvalue weighted by Crippen LogP contribution is 2.27. The van der Waals surface area contributed by atoms with E-state index in [1.165, 1.54) is 24.1 Å². The van der Waals surface area contributed by atoms with Crippen LogP contribution in [0.2, 0.25) is 0 Å². The fourth-order valence-corrected chi connectivity index (χ4v) is 5.60. The molecule has 0 radical (unpaired) electrons. The van der Waals surface area contributed by atoms with Gasteiger partial charge in [0, 0.05) is 18.1 Å². The summed E-state index contributed by atoms with van der Waals surface area (Å²) >= 11 is 3.33. The Morgan fingerprint density at radius 2 is 1.61 bits per heavy atom.